The second-order valence-corrected chi connectivity index (χ2v) is 5.72. The number of carbonyl (C=O) groups excluding carboxylic acids is 1. The molecule has 102 valence electrons. The Morgan fingerprint density at radius 2 is 2.00 bits per heavy atom. The summed E-state index contributed by atoms with van der Waals surface area (Å²) in [7, 11) is 0. The molecule has 0 aliphatic heterocycles. The van der Waals surface area contributed by atoms with Crippen LogP contribution in [0.1, 0.15) is 47.0 Å². The maximum absolute atomic E-state index is 11.5. The molecule has 1 amide bonds. The molecule has 0 rings (SSSR count). The molecule has 0 bridgehead atoms. The van der Waals surface area contributed by atoms with Crippen LogP contribution in [0.3, 0.4) is 0 Å². The Morgan fingerprint density at radius 1 is 1.35 bits per heavy atom. The Kier molecular flexibility index (Phi) is 8.61. The van der Waals surface area contributed by atoms with Crippen molar-refractivity contribution in [1.82, 2.24) is 5.32 Å². The van der Waals surface area contributed by atoms with Gasteiger partial charge in [-0.15, -0.1) is 11.6 Å². The molecule has 0 fully saturated rings. The third-order valence-corrected chi connectivity index (χ3v) is 2.66. The maximum atomic E-state index is 11.5. The fraction of sp³-hybridized carbons (Fsp3) is 0.923. The minimum atomic E-state index is -0.268. The summed E-state index contributed by atoms with van der Waals surface area (Å²) >= 11 is 5.73. The van der Waals surface area contributed by atoms with Gasteiger partial charge >= 0.3 is 0 Å². The average molecular weight is 264 g/mol. The van der Waals surface area contributed by atoms with Gasteiger partial charge in [-0.1, -0.05) is 13.3 Å². The van der Waals surface area contributed by atoms with Crippen LogP contribution in [0, 0.1) is 5.92 Å². The van der Waals surface area contributed by atoms with Gasteiger partial charge in [0, 0.05) is 12.4 Å². The predicted octanol–water partition coefficient (Wildman–Crippen LogP) is 2.96. The molecule has 0 aromatic carbocycles. The first-order chi connectivity index (χ1) is 7.89. The van der Waals surface area contributed by atoms with E-state index < -0.39 is 0 Å². The number of ether oxygens (including phenoxy) is 1. The molecule has 3 nitrogen and oxygen atoms in total. The second kappa shape index (κ2) is 8.76. The van der Waals surface area contributed by atoms with Gasteiger partial charge in [0.2, 0.25) is 5.91 Å². The summed E-state index contributed by atoms with van der Waals surface area (Å²) in [4.78, 5) is 11.5. The molecular formula is C13H26ClNO2. The summed E-state index contributed by atoms with van der Waals surface area (Å²) in [6, 6.07) is 0. The van der Waals surface area contributed by atoms with E-state index in [9.17, 15) is 4.79 Å². The molecule has 0 spiro atoms. The van der Waals surface area contributed by atoms with Crippen molar-refractivity contribution in [3.05, 3.63) is 0 Å². The minimum Gasteiger partial charge on any atom is -0.366 e. The number of rotatable bonds is 8. The van der Waals surface area contributed by atoms with Crippen LogP contribution in [0.15, 0.2) is 0 Å². The van der Waals surface area contributed by atoms with Crippen LogP contribution in [0.5, 0.6) is 0 Å². The minimum absolute atomic E-state index is 0.0457. The average Bonchev–Trinajstić information content (AvgIpc) is 2.23. The molecule has 17 heavy (non-hydrogen) atoms. The van der Waals surface area contributed by atoms with Gasteiger partial charge in [-0.3, -0.25) is 4.79 Å². The molecule has 0 radical (unpaired) electrons. The molecule has 0 aliphatic rings. The molecule has 1 atom stereocenters. The van der Waals surface area contributed by atoms with E-state index in [-0.39, 0.29) is 18.1 Å². The van der Waals surface area contributed by atoms with E-state index in [4.69, 9.17) is 16.3 Å². The van der Waals surface area contributed by atoms with Crippen molar-refractivity contribution in [3.8, 4) is 0 Å². The van der Waals surface area contributed by atoms with E-state index in [0.29, 0.717) is 18.3 Å². The van der Waals surface area contributed by atoms with Gasteiger partial charge in [-0.2, -0.15) is 0 Å². The standard InChI is InChI=1S/C13H26ClNO2/c1-5-6-11(7-8-14)9-15-12(16)10-17-13(2,3)4/h11H,5-10H2,1-4H3,(H,15,16). The van der Waals surface area contributed by atoms with E-state index in [1.165, 1.54) is 0 Å². The number of nitrogens with one attached hydrogen (secondary N) is 1. The summed E-state index contributed by atoms with van der Waals surface area (Å²) in [6.07, 6.45) is 3.18. The van der Waals surface area contributed by atoms with Crippen LogP contribution in [-0.2, 0) is 9.53 Å². The van der Waals surface area contributed by atoms with Crippen LogP contribution < -0.4 is 5.32 Å². The molecular weight excluding hydrogens is 238 g/mol. The Hall–Kier alpha value is -0.280. The Bertz CT molecular complexity index is 208. The quantitative estimate of drug-likeness (QED) is 0.684. The van der Waals surface area contributed by atoms with Gasteiger partial charge in [0.1, 0.15) is 6.61 Å². The Labute approximate surface area is 110 Å². The van der Waals surface area contributed by atoms with Gasteiger partial charge in [0.15, 0.2) is 0 Å². The zero-order valence-electron chi connectivity index (χ0n) is 11.5. The third kappa shape index (κ3) is 10.6. The van der Waals surface area contributed by atoms with Crippen molar-refractivity contribution in [3.63, 3.8) is 0 Å². The normalized spacial score (nSPS) is 13.5. The zero-order valence-corrected chi connectivity index (χ0v) is 12.3. The molecule has 1 N–H and O–H groups in total. The highest BCUT2D eigenvalue weighted by Gasteiger charge is 2.14. The number of alkyl halides is 1. The molecule has 0 saturated carbocycles. The van der Waals surface area contributed by atoms with Crippen molar-refractivity contribution < 1.29 is 9.53 Å². The lowest BCUT2D eigenvalue weighted by Crippen LogP contribution is -2.35. The fourth-order valence-electron chi connectivity index (χ4n) is 1.50. The second-order valence-electron chi connectivity index (χ2n) is 5.34. The summed E-state index contributed by atoms with van der Waals surface area (Å²) in [6.45, 7) is 8.79. The molecule has 0 aliphatic carbocycles. The monoisotopic (exact) mass is 263 g/mol. The molecule has 0 aromatic rings. The van der Waals surface area contributed by atoms with E-state index in [1.54, 1.807) is 0 Å². The van der Waals surface area contributed by atoms with Gasteiger partial charge in [-0.05, 0) is 39.5 Å². The van der Waals surface area contributed by atoms with Gasteiger partial charge in [0.05, 0.1) is 5.60 Å². The third-order valence-electron chi connectivity index (χ3n) is 2.44. The smallest absolute Gasteiger partial charge is 0.246 e. The zero-order chi connectivity index (χ0) is 13.3. The highest BCUT2D eigenvalue weighted by molar-refractivity contribution is 6.17. The van der Waals surface area contributed by atoms with Crippen LogP contribution in [-0.4, -0.2) is 30.5 Å². The lowest BCUT2D eigenvalue weighted by molar-refractivity contribution is -0.130. The lowest BCUT2D eigenvalue weighted by atomic mass is 10.0. The first-order valence-corrected chi connectivity index (χ1v) is 6.89. The molecule has 0 aromatic heterocycles. The highest BCUT2D eigenvalue weighted by atomic mass is 35.5. The van der Waals surface area contributed by atoms with Crippen LogP contribution in [0.4, 0.5) is 0 Å². The van der Waals surface area contributed by atoms with E-state index in [2.05, 4.69) is 12.2 Å². The van der Waals surface area contributed by atoms with E-state index in [0.717, 1.165) is 19.3 Å². The maximum Gasteiger partial charge on any atom is 0.246 e. The lowest BCUT2D eigenvalue weighted by Gasteiger charge is -2.20. The van der Waals surface area contributed by atoms with Crippen molar-refractivity contribution in [2.24, 2.45) is 5.92 Å². The Morgan fingerprint density at radius 3 is 2.47 bits per heavy atom. The molecule has 0 heterocycles. The van der Waals surface area contributed by atoms with Crippen LogP contribution in [0.25, 0.3) is 0 Å². The van der Waals surface area contributed by atoms with Crippen LogP contribution in [0.2, 0.25) is 0 Å². The molecule has 4 heteroatoms. The predicted molar refractivity (Wildman–Crippen MR) is 72.4 cm³/mol. The first-order valence-electron chi connectivity index (χ1n) is 6.35. The summed E-state index contributed by atoms with van der Waals surface area (Å²) in [5, 5.41) is 2.90. The Balaban J connectivity index is 3.79. The molecule has 0 saturated heterocycles. The number of carbonyl (C=O) groups is 1. The molecule has 1 unspecified atom stereocenters. The first kappa shape index (κ1) is 16.7. The number of amides is 1. The van der Waals surface area contributed by atoms with Gasteiger partial charge in [0.25, 0.3) is 0 Å². The highest BCUT2D eigenvalue weighted by Crippen LogP contribution is 2.11. The summed E-state index contributed by atoms with van der Waals surface area (Å²) in [5.41, 5.74) is -0.268. The van der Waals surface area contributed by atoms with Crippen molar-refractivity contribution in [2.45, 2.75) is 52.6 Å². The fourth-order valence-corrected chi connectivity index (χ4v) is 1.81. The largest absolute Gasteiger partial charge is 0.366 e. The SMILES string of the molecule is CCCC(CCCl)CNC(=O)COC(C)(C)C. The van der Waals surface area contributed by atoms with Crippen LogP contribution >= 0.6 is 11.6 Å². The van der Waals surface area contributed by atoms with E-state index in [1.807, 2.05) is 20.8 Å². The number of halogens is 1. The summed E-state index contributed by atoms with van der Waals surface area (Å²) in [5.74, 6) is 1.09. The van der Waals surface area contributed by atoms with Crippen molar-refractivity contribution in [1.29, 1.82) is 0 Å². The topological polar surface area (TPSA) is 38.3 Å². The summed E-state index contributed by atoms with van der Waals surface area (Å²) < 4.78 is 5.41. The van der Waals surface area contributed by atoms with Gasteiger partial charge in [-0.25, -0.2) is 0 Å². The van der Waals surface area contributed by atoms with Gasteiger partial charge < -0.3 is 10.1 Å². The van der Waals surface area contributed by atoms with Crippen molar-refractivity contribution >= 4 is 17.5 Å². The number of hydrogen-bond donors (Lipinski definition) is 1. The van der Waals surface area contributed by atoms with Crippen molar-refractivity contribution in [2.75, 3.05) is 19.0 Å². The number of hydrogen-bond acceptors (Lipinski definition) is 2. The van der Waals surface area contributed by atoms with E-state index >= 15 is 0 Å².